The molecular weight excluding hydrogens is 306 g/mol. The molecule has 0 fully saturated rings. The van der Waals surface area contributed by atoms with Crippen LogP contribution in [0.15, 0.2) is 23.1 Å². The number of rotatable bonds is 8. The summed E-state index contributed by atoms with van der Waals surface area (Å²) in [7, 11) is -0.525. The molecule has 0 radical (unpaired) electrons. The van der Waals surface area contributed by atoms with Crippen LogP contribution in [0.5, 0.6) is 5.75 Å². The molecule has 1 aromatic rings. The molecule has 7 nitrogen and oxygen atoms in total. The number of benzene rings is 1. The maximum Gasteiger partial charge on any atom is 0.244 e. The fourth-order valence-corrected chi connectivity index (χ4v) is 3.03. The molecule has 1 aromatic carbocycles. The van der Waals surface area contributed by atoms with Crippen LogP contribution in [0.25, 0.3) is 0 Å². The number of sulfonamides is 1. The van der Waals surface area contributed by atoms with Gasteiger partial charge in [-0.25, -0.2) is 13.1 Å². The van der Waals surface area contributed by atoms with E-state index in [9.17, 15) is 13.2 Å². The fourth-order valence-electron chi connectivity index (χ4n) is 1.68. The zero-order valence-corrected chi connectivity index (χ0v) is 14.1. The van der Waals surface area contributed by atoms with E-state index in [1.54, 1.807) is 19.2 Å². The lowest BCUT2D eigenvalue weighted by Gasteiger charge is -2.15. The van der Waals surface area contributed by atoms with E-state index in [0.29, 0.717) is 5.56 Å². The molecule has 0 aliphatic heterocycles. The number of likely N-dealkylation sites (N-methyl/N-ethyl adjacent to an activating group) is 1. The third kappa shape index (κ3) is 5.28. The van der Waals surface area contributed by atoms with Crippen molar-refractivity contribution < 1.29 is 17.9 Å². The lowest BCUT2D eigenvalue weighted by Crippen LogP contribution is -2.37. The van der Waals surface area contributed by atoms with Crippen LogP contribution >= 0.6 is 0 Å². The standard InChI is InChI=1S/C14H23N3O4S/c1-10(15-3)8-17-22(19,20)14-7-12(9-16-11(2)18)5-6-13(14)21-4/h5-7,10,15,17H,8-9H2,1-4H3,(H,16,18). The Kier molecular flexibility index (Phi) is 6.79. The second-order valence-electron chi connectivity index (χ2n) is 4.94. The van der Waals surface area contributed by atoms with Gasteiger partial charge in [-0.2, -0.15) is 0 Å². The molecule has 1 rings (SSSR count). The molecule has 0 aromatic heterocycles. The highest BCUT2D eigenvalue weighted by Gasteiger charge is 2.20. The zero-order chi connectivity index (χ0) is 16.8. The van der Waals surface area contributed by atoms with Crippen LogP contribution in [0.4, 0.5) is 0 Å². The highest BCUT2D eigenvalue weighted by molar-refractivity contribution is 7.89. The van der Waals surface area contributed by atoms with E-state index in [1.165, 1.54) is 20.1 Å². The van der Waals surface area contributed by atoms with Gasteiger partial charge in [0.25, 0.3) is 0 Å². The van der Waals surface area contributed by atoms with Crippen molar-refractivity contribution in [3.05, 3.63) is 23.8 Å². The van der Waals surface area contributed by atoms with Gasteiger partial charge in [0.05, 0.1) is 7.11 Å². The number of hydrogen-bond donors (Lipinski definition) is 3. The molecule has 3 N–H and O–H groups in total. The van der Waals surface area contributed by atoms with Gasteiger partial charge in [0, 0.05) is 26.1 Å². The van der Waals surface area contributed by atoms with Gasteiger partial charge in [-0.1, -0.05) is 6.07 Å². The highest BCUT2D eigenvalue weighted by Crippen LogP contribution is 2.24. The van der Waals surface area contributed by atoms with Crippen LogP contribution in [0.2, 0.25) is 0 Å². The Morgan fingerprint density at radius 3 is 2.59 bits per heavy atom. The first-order valence-electron chi connectivity index (χ1n) is 6.88. The van der Waals surface area contributed by atoms with Gasteiger partial charge in [0.15, 0.2) is 0 Å². The number of amides is 1. The minimum Gasteiger partial charge on any atom is -0.495 e. The average molecular weight is 329 g/mol. The number of nitrogens with one attached hydrogen (secondary N) is 3. The van der Waals surface area contributed by atoms with Gasteiger partial charge in [0.1, 0.15) is 10.6 Å². The number of ether oxygens (including phenoxy) is 1. The molecular formula is C14H23N3O4S. The first kappa shape index (κ1) is 18.4. The van der Waals surface area contributed by atoms with Gasteiger partial charge in [-0.3, -0.25) is 4.79 Å². The molecule has 0 spiro atoms. The summed E-state index contributed by atoms with van der Waals surface area (Å²) < 4.78 is 32.5. The first-order chi connectivity index (χ1) is 10.3. The van der Waals surface area contributed by atoms with E-state index in [4.69, 9.17) is 4.74 Å². The summed E-state index contributed by atoms with van der Waals surface area (Å²) >= 11 is 0. The van der Waals surface area contributed by atoms with Crippen LogP contribution in [-0.4, -0.2) is 41.1 Å². The van der Waals surface area contributed by atoms with Crippen molar-refractivity contribution >= 4 is 15.9 Å². The summed E-state index contributed by atoms with van der Waals surface area (Å²) in [6.45, 7) is 3.79. The van der Waals surface area contributed by atoms with E-state index in [2.05, 4.69) is 15.4 Å². The normalized spacial score (nSPS) is 12.7. The molecule has 0 bridgehead atoms. The number of methoxy groups -OCH3 is 1. The van der Waals surface area contributed by atoms with Crippen LogP contribution < -0.4 is 20.1 Å². The Morgan fingerprint density at radius 2 is 2.05 bits per heavy atom. The van der Waals surface area contributed by atoms with Crippen molar-refractivity contribution in [1.82, 2.24) is 15.4 Å². The largest absolute Gasteiger partial charge is 0.495 e. The molecule has 0 saturated carbocycles. The smallest absolute Gasteiger partial charge is 0.244 e. The third-order valence-electron chi connectivity index (χ3n) is 3.13. The SMILES string of the molecule is CNC(C)CNS(=O)(=O)c1cc(CNC(C)=O)ccc1OC. The van der Waals surface area contributed by atoms with E-state index < -0.39 is 10.0 Å². The van der Waals surface area contributed by atoms with Crippen molar-refractivity contribution in [2.24, 2.45) is 0 Å². The minimum atomic E-state index is -3.70. The summed E-state index contributed by atoms with van der Waals surface area (Å²) in [4.78, 5) is 11.0. The van der Waals surface area contributed by atoms with Crippen molar-refractivity contribution in [1.29, 1.82) is 0 Å². The van der Waals surface area contributed by atoms with Gasteiger partial charge >= 0.3 is 0 Å². The van der Waals surface area contributed by atoms with Crippen LogP contribution in [0.1, 0.15) is 19.4 Å². The van der Waals surface area contributed by atoms with Crippen LogP contribution in [0.3, 0.4) is 0 Å². The monoisotopic (exact) mass is 329 g/mol. The molecule has 0 aliphatic carbocycles. The predicted molar refractivity (Wildman–Crippen MR) is 84.2 cm³/mol. The van der Waals surface area contributed by atoms with Crippen LogP contribution in [0, 0.1) is 0 Å². The lowest BCUT2D eigenvalue weighted by molar-refractivity contribution is -0.119. The summed E-state index contributed by atoms with van der Waals surface area (Å²) in [5.74, 6) is 0.0809. The Morgan fingerprint density at radius 1 is 1.36 bits per heavy atom. The summed E-state index contributed by atoms with van der Waals surface area (Å²) in [6, 6.07) is 4.79. The van der Waals surface area contributed by atoms with Gasteiger partial charge in [0.2, 0.25) is 15.9 Å². The van der Waals surface area contributed by atoms with E-state index in [-0.39, 0.29) is 35.7 Å². The average Bonchev–Trinajstić information content (AvgIpc) is 2.50. The summed E-state index contributed by atoms with van der Waals surface area (Å²) in [5.41, 5.74) is 0.679. The van der Waals surface area contributed by atoms with Crippen molar-refractivity contribution in [2.45, 2.75) is 31.3 Å². The maximum atomic E-state index is 12.4. The van der Waals surface area contributed by atoms with E-state index in [1.807, 2.05) is 6.92 Å². The molecule has 1 atom stereocenters. The van der Waals surface area contributed by atoms with Crippen LogP contribution in [-0.2, 0) is 21.4 Å². The van der Waals surface area contributed by atoms with Gasteiger partial charge in [-0.15, -0.1) is 0 Å². The number of hydrogen-bond acceptors (Lipinski definition) is 5. The summed E-state index contributed by atoms with van der Waals surface area (Å²) in [5, 5.41) is 5.59. The fraction of sp³-hybridized carbons (Fsp3) is 0.500. The Balaban J connectivity index is 3.03. The Bertz CT molecular complexity index is 617. The summed E-state index contributed by atoms with van der Waals surface area (Å²) in [6.07, 6.45) is 0. The second kappa shape index (κ2) is 8.11. The number of carbonyl (C=O) groups excluding carboxylic acids is 1. The Labute approximate surface area is 131 Å². The molecule has 22 heavy (non-hydrogen) atoms. The molecule has 1 amide bonds. The second-order valence-corrected chi connectivity index (χ2v) is 6.67. The van der Waals surface area contributed by atoms with Gasteiger partial charge < -0.3 is 15.4 Å². The predicted octanol–water partition coefficient (Wildman–Crippen LogP) is 0.218. The van der Waals surface area contributed by atoms with E-state index >= 15 is 0 Å². The van der Waals surface area contributed by atoms with Crippen molar-refractivity contribution in [3.8, 4) is 5.75 Å². The molecule has 0 saturated heterocycles. The topological polar surface area (TPSA) is 96.5 Å². The van der Waals surface area contributed by atoms with Crippen molar-refractivity contribution in [3.63, 3.8) is 0 Å². The molecule has 0 aliphatic rings. The highest BCUT2D eigenvalue weighted by atomic mass is 32.2. The van der Waals surface area contributed by atoms with Crippen molar-refractivity contribution in [2.75, 3.05) is 20.7 Å². The Hall–Kier alpha value is -1.64. The molecule has 8 heteroatoms. The quantitative estimate of drug-likeness (QED) is 0.634. The minimum absolute atomic E-state index is 0.00309. The van der Waals surface area contributed by atoms with Gasteiger partial charge in [-0.05, 0) is 31.7 Å². The first-order valence-corrected chi connectivity index (χ1v) is 8.36. The lowest BCUT2D eigenvalue weighted by atomic mass is 10.2. The maximum absolute atomic E-state index is 12.4. The molecule has 0 heterocycles. The zero-order valence-electron chi connectivity index (χ0n) is 13.3. The third-order valence-corrected chi connectivity index (χ3v) is 4.58. The molecule has 124 valence electrons. The molecule has 1 unspecified atom stereocenters. The number of carbonyl (C=O) groups is 1. The van der Waals surface area contributed by atoms with E-state index in [0.717, 1.165) is 0 Å².